The first-order valence-electron chi connectivity index (χ1n) is 7.46. The van der Waals surface area contributed by atoms with Crippen LogP contribution >= 0.6 is 0 Å². The van der Waals surface area contributed by atoms with E-state index < -0.39 is 5.60 Å². The van der Waals surface area contributed by atoms with E-state index in [2.05, 4.69) is 42.7 Å². The molecule has 3 N–H and O–H groups in total. The SMILES string of the molecule is CCc1cccc(CC)c1NCC1(O)CCNCC1. The fraction of sp³-hybridized carbons (Fsp3) is 0.625. The third kappa shape index (κ3) is 3.48. The van der Waals surface area contributed by atoms with Crippen LogP contribution in [-0.4, -0.2) is 30.3 Å². The molecule has 0 saturated carbocycles. The predicted octanol–water partition coefficient (Wildman–Crippen LogP) is 2.34. The van der Waals surface area contributed by atoms with E-state index in [1.54, 1.807) is 0 Å². The molecule has 1 saturated heterocycles. The van der Waals surface area contributed by atoms with Crippen molar-refractivity contribution in [2.75, 3.05) is 25.0 Å². The lowest BCUT2D eigenvalue weighted by Crippen LogP contribution is -2.46. The van der Waals surface area contributed by atoms with Gasteiger partial charge < -0.3 is 15.7 Å². The monoisotopic (exact) mass is 262 g/mol. The van der Waals surface area contributed by atoms with Gasteiger partial charge in [0, 0.05) is 12.2 Å². The zero-order chi connectivity index (χ0) is 13.7. The third-order valence-corrected chi connectivity index (χ3v) is 4.13. The van der Waals surface area contributed by atoms with Gasteiger partial charge in [0.1, 0.15) is 0 Å². The summed E-state index contributed by atoms with van der Waals surface area (Å²) in [5, 5.41) is 17.4. The van der Waals surface area contributed by atoms with E-state index in [0.717, 1.165) is 38.8 Å². The van der Waals surface area contributed by atoms with E-state index in [0.29, 0.717) is 6.54 Å². The molecule has 0 unspecified atom stereocenters. The topological polar surface area (TPSA) is 44.3 Å². The minimum atomic E-state index is -0.558. The Balaban J connectivity index is 2.09. The lowest BCUT2D eigenvalue weighted by atomic mass is 9.92. The fourth-order valence-electron chi connectivity index (χ4n) is 2.79. The summed E-state index contributed by atoms with van der Waals surface area (Å²) in [6.45, 7) is 6.83. The molecule has 0 atom stereocenters. The summed E-state index contributed by atoms with van der Waals surface area (Å²) >= 11 is 0. The minimum absolute atomic E-state index is 0.558. The summed E-state index contributed by atoms with van der Waals surface area (Å²) in [5.74, 6) is 0. The van der Waals surface area contributed by atoms with Gasteiger partial charge in [0.15, 0.2) is 0 Å². The Hall–Kier alpha value is -1.06. The molecule has 0 radical (unpaired) electrons. The second-order valence-corrected chi connectivity index (χ2v) is 5.49. The molecular formula is C16H26N2O. The van der Waals surface area contributed by atoms with Gasteiger partial charge in [-0.2, -0.15) is 0 Å². The van der Waals surface area contributed by atoms with Crippen molar-refractivity contribution in [3.05, 3.63) is 29.3 Å². The van der Waals surface area contributed by atoms with Crippen molar-refractivity contribution < 1.29 is 5.11 Å². The van der Waals surface area contributed by atoms with Crippen LogP contribution < -0.4 is 10.6 Å². The Morgan fingerprint density at radius 1 is 1.16 bits per heavy atom. The van der Waals surface area contributed by atoms with E-state index in [4.69, 9.17) is 0 Å². The van der Waals surface area contributed by atoms with Gasteiger partial charge in [-0.15, -0.1) is 0 Å². The highest BCUT2D eigenvalue weighted by Crippen LogP contribution is 2.25. The molecule has 3 nitrogen and oxygen atoms in total. The van der Waals surface area contributed by atoms with Crippen LogP contribution in [0.4, 0.5) is 5.69 Å². The Kier molecular flexibility index (Phi) is 4.83. The smallest absolute Gasteiger partial charge is 0.0843 e. The second-order valence-electron chi connectivity index (χ2n) is 5.49. The van der Waals surface area contributed by atoms with Crippen LogP contribution in [0.25, 0.3) is 0 Å². The van der Waals surface area contributed by atoms with Crippen molar-refractivity contribution in [2.24, 2.45) is 0 Å². The molecular weight excluding hydrogens is 236 g/mol. The molecule has 0 spiro atoms. The van der Waals surface area contributed by atoms with Crippen LogP contribution in [0, 0.1) is 0 Å². The Labute approximate surface area is 116 Å². The summed E-state index contributed by atoms with van der Waals surface area (Å²) < 4.78 is 0. The number of nitrogens with one attached hydrogen (secondary N) is 2. The molecule has 1 heterocycles. The first kappa shape index (κ1) is 14.4. The molecule has 1 aliphatic heterocycles. The van der Waals surface area contributed by atoms with Gasteiger partial charge in [-0.05, 0) is 49.9 Å². The van der Waals surface area contributed by atoms with Crippen molar-refractivity contribution >= 4 is 5.69 Å². The van der Waals surface area contributed by atoms with Crippen LogP contribution in [0.5, 0.6) is 0 Å². The number of aliphatic hydroxyl groups is 1. The average Bonchev–Trinajstić information content (AvgIpc) is 2.45. The van der Waals surface area contributed by atoms with Crippen LogP contribution in [-0.2, 0) is 12.8 Å². The lowest BCUT2D eigenvalue weighted by molar-refractivity contribution is 0.0232. The highest BCUT2D eigenvalue weighted by atomic mass is 16.3. The highest BCUT2D eigenvalue weighted by Gasteiger charge is 2.29. The fourth-order valence-corrected chi connectivity index (χ4v) is 2.79. The van der Waals surface area contributed by atoms with E-state index in [9.17, 15) is 5.11 Å². The number of benzene rings is 1. The normalized spacial score (nSPS) is 18.3. The number of anilines is 1. The molecule has 19 heavy (non-hydrogen) atoms. The van der Waals surface area contributed by atoms with Crippen LogP contribution in [0.2, 0.25) is 0 Å². The summed E-state index contributed by atoms with van der Waals surface area (Å²) in [5.41, 5.74) is 3.37. The summed E-state index contributed by atoms with van der Waals surface area (Å²) in [6.07, 6.45) is 3.71. The van der Waals surface area contributed by atoms with Crippen LogP contribution in [0.1, 0.15) is 37.8 Å². The lowest BCUT2D eigenvalue weighted by Gasteiger charge is -2.33. The Morgan fingerprint density at radius 3 is 2.26 bits per heavy atom. The summed E-state index contributed by atoms with van der Waals surface area (Å²) in [4.78, 5) is 0. The summed E-state index contributed by atoms with van der Waals surface area (Å²) in [7, 11) is 0. The molecule has 0 aliphatic carbocycles. The molecule has 1 aromatic carbocycles. The Bertz CT molecular complexity index is 389. The van der Waals surface area contributed by atoms with Gasteiger partial charge in [-0.25, -0.2) is 0 Å². The van der Waals surface area contributed by atoms with Crippen molar-refractivity contribution in [2.45, 2.75) is 45.1 Å². The molecule has 106 valence electrons. The van der Waals surface area contributed by atoms with Crippen molar-refractivity contribution in [3.8, 4) is 0 Å². The average molecular weight is 262 g/mol. The van der Waals surface area contributed by atoms with E-state index >= 15 is 0 Å². The number of hydrogen-bond acceptors (Lipinski definition) is 3. The maximum Gasteiger partial charge on any atom is 0.0843 e. The van der Waals surface area contributed by atoms with Gasteiger partial charge in [-0.3, -0.25) is 0 Å². The molecule has 2 rings (SSSR count). The van der Waals surface area contributed by atoms with Gasteiger partial charge in [0.25, 0.3) is 0 Å². The molecule has 3 heteroatoms. The Morgan fingerprint density at radius 2 is 1.74 bits per heavy atom. The number of aryl methyl sites for hydroxylation is 2. The molecule has 1 aliphatic rings. The maximum atomic E-state index is 10.6. The number of piperidine rings is 1. The minimum Gasteiger partial charge on any atom is -0.388 e. The summed E-state index contributed by atoms with van der Waals surface area (Å²) in [6, 6.07) is 6.48. The van der Waals surface area contributed by atoms with Crippen molar-refractivity contribution in [1.82, 2.24) is 5.32 Å². The molecule has 1 aromatic rings. The van der Waals surface area contributed by atoms with Gasteiger partial charge in [0.2, 0.25) is 0 Å². The van der Waals surface area contributed by atoms with Gasteiger partial charge >= 0.3 is 0 Å². The van der Waals surface area contributed by atoms with E-state index in [-0.39, 0.29) is 0 Å². The van der Waals surface area contributed by atoms with Crippen LogP contribution in [0.3, 0.4) is 0 Å². The molecule has 0 bridgehead atoms. The first-order chi connectivity index (χ1) is 9.18. The maximum absolute atomic E-state index is 10.6. The number of para-hydroxylation sites is 1. The molecule has 0 amide bonds. The highest BCUT2D eigenvalue weighted by molar-refractivity contribution is 5.58. The van der Waals surface area contributed by atoms with Crippen LogP contribution in [0.15, 0.2) is 18.2 Å². The van der Waals surface area contributed by atoms with Crippen molar-refractivity contribution in [3.63, 3.8) is 0 Å². The zero-order valence-corrected chi connectivity index (χ0v) is 12.1. The second kappa shape index (κ2) is 6.40. The quantitative estimate of drug-likeness (QED) is 0.763. The van der Waals surface area contributed by atoms with Crippen molar-refractivity contribution in [1.29, 1.82) is 0 Å². The third-order valence-electron chi connectivity index (χ3n) is 4.13. The molecule has 0 aromatic heterocycles. The van der Waals surface area contributed by atoms with Gasteiger partial charge in [-0.1, -0.05) is 32.0 Å². The largest absolute Gasteiger partial charge is 0.388 e. The van der Waals surface area contributed by atoms with Gasteiger partial charge in [0.05, 0.1) is 5.60 Å². The first-order valence-corrected chi connectivity index (χ1v) is 7.46. The van der Waals surface area contributed by atoms with E-state index in [1.807, 2.05) is 0 Å². The number of hydrogen-bond donors (Lipinski definition) is 3. The predicted molar refractivity (Wildman–Crippen MR) is 80.7 cm³/mol. The standard InChI is InChI=1S/C16H26N2O/c1-3-13-6-5-7-14(4-2)15(13)18-12-16(19)8-10-17-11-9-16/h5-7,17-19H,3-4,8-12H2,1-2H3. The zero-order valence-electron chi connectivity index (χ0n) is 12.1. The number of rotatable bonds is 5. The van der Waals surface area contributed by atoms with E-state index in [1.165, 1.54) is 16.8 Å². The molecule has 1 fully saturated rings.